The van der Waals surface area contributed by atoms with Gasteiger partial charge < -0.3 is 9.80 Å². The van der Waals surface area contributed by atoms with Gasteiger partial charge in [-0.05, 0) is 64.6 Å². The van der Waals surface area contributed by atoms with E-state index < -0.39 is 0 Å². The molecule has 85 valence electrons. The summed E-state index contributed by atoms with van der Waals surface area (Å²) in [5, 5.41) is 0. The standard InChI is InChI=1S/C13H23N2/c1-11-4-7-15(10-11)13-5-8-14(9-6-13)12-2-3-12/h11-13H,1-10H2. The summed E-state index contributed by atoms with van der Waals surface area (Å²) in [5.41, 5.74) is 0. The van der Waals surface area contributed by atoms with Crippen molar-refractivity contribution < 1.29 is 0 Å². The molecule has 2 heteroatoms. The van der Waals surface area contributed by atoms with Gasteiger partial charge in [0.05, 0.1) is 0 Å². The van der Waals surface area contributed by atoms with Crippen LogP contribution in [-0.4, -0.2) is 48.1 Å². The van der Waals surface area contributed by atoms with Crippen molar-refractivity contribution in [3.05, 3.63) is 6.92 Å². The highest BCUT2D eigenvalue weighted by Crippen LogP contribution is 2.31. The van der Waals surface area contributed by atoms with Crippen molar-refractivity contribution in [3.63, 3.8) is 0 Å². The van der Waals surface area contributed by atoms with Crippen molar-refractivity contribution in [2.24, 2.45) is 5.92 Å². The Balaban J connectivity index is 1.48. The highest BCUT2D eigenvalue weighted by molar-refractivity contribution is 4.91. The Morgan fingerprint density at radius 1 is 0.733 bits per heavy atom. The Morgan fingerprint density at radius 3 is 1.87 bits per heavy atom. The van der Waals surface area contributed by atoms with E-state index in [1.807, 2.05) is 0 Å². The van der Waals surface area contributed by atoms with Crippen LogP contribution in [0.15, 0.2) is 0 Å². The first-order valence-electron chi connectivity index (χ1n) is 6.64. The van der Waals surface area contributed by atoms with E-state index in [1.54, 1.807) is 0 Å². The first-order valence-corrected chi connectivity index (χ1v) is 6.64. The number of rotatable bonds is 2. The van der Waals surface area contributed by atoms with Gasteiger partial charge >= 0.3 is 0 Å². The summed E-state index contributed by atoms with van der Waals surface area (Å²) >= 11 is 0. The third kappa shape index (κ3) is 2.21. The molecule has 0 spiro atoms. The fraction of sp³-hybridized carbons (Fsp3) is 0.923. The largest absolute Gasteiger partial charge is 0.300 e. The Bertz CT molecular complexity index is 217. The summed E-state index contributed by atoms with van der Waals surface area (Å²) < 4.78 is 0. The minimum Gasteiger partial charge on any atom is -0.300 e. The minimum absolute atomic E-state index is 0.700. The molecule has 15 heavy (non-hydrogen) atoms. The maximum Gasteiger partial charge on any atom is 0.0120 e. The van der Waals surface area contributed by atoms with Crippen LogP contribution in [0.4, 0.5) is 0 Å². The van der Waals surface area contributed by atoms with Crippen molar-refractivity contribution in [2.75, 3.05) is 26.2 Å². The molecule has 0 aromatic carbocycles. The Hall–Kier alpha value is -0.0800. The van der Waals surface area contributed by atoms with Crippen molar-refractivity contribution in [2.45, 2.75) is 44.2 Å². The lowest BCUT2D eigenvalue weighted by Gasteiger charge is -2.36. The molecule has 0 aromatic heterocycles. The molecule has 3 fully saturated rings. The summed E-state index contributed by atoms with van der Waals surface area (Å²) in [7, 11) is 0. The fourth-order valence-corrected chi connectivity index (χ4v) is 3.25. The lowest BCUT2D eigenvalue weighted by molar-refractivity contribution is 0.120. The molecule has 2 saturated heterocycles. The third-order valence-corrected chi connectivity index (χ3v) is 4.40. The lowest BCUT2D eigenvalue weighted by Crippen LogP contribution is -2.44. The van der Waals surface area contributed by atoms with E-state index >= 15 is 0 Å². The van der Waals surface area contributed by atoms with Crippen LogP contribution in [0.2, 0.25) is 0 Å². The maximum absolute atomic E-state index is 4.18. The van der Waals surface area contributed by atoms with E-state index in [1.165, 1.54) is 58.3 Å². The SMILES string of the molecule is [CH2]C1CCN(C2CCN(C3CC3)CC2)C1. The molecular formula is C13H23N2. The summed E-state index contributed by atoms with van der Waals surface area (Å²) in [5.74, 6) is 0.700. The Kier molecular flexibility index (Phi) is 2.73. The molecule has 3 aliphatic rings. The molecule has 2 nitrogen and oxygen atoms in total. The van der Waals surface area contributed by atoms with Crippen LogP contribution < -0.4 is 0 Å². The smallest absolute Gasteiger partial charge is 0.0120 e. The van der Waals surface area contributed by atoms with Crippen LogP contribution in [-0.2, 0) is 0 Å². The molecule has 1 saturated carbocycles. The number of likely N-dealkylation sites (tertiary alicyclic amines) is 2. The molecule has 0 amide bonds. The molecule has 2 aliphatic heterocycles. The van der Waals surface area contributed by atoms with Crippen LogP contribution in [0.1, 0.15) is 32.1 Å². The zero-order chi connectivity index (χ0) is 10.3. The van der Waals surface area contributed by atoms with E-state index in [0.717, 1.165) is 12.1 Å². The molecule has 3 rings (SSSR count). The van der Waals surface area contributed by atoms with Crippen molar-refractivity contribution in [1.29, 1.82) is 0 Å². The zero-order valence-electron chi connectivity index (χ0n) is 9.70. The predicted molar refractivity (Wildman–Crippen MR) is 62.7 cm³/mol. The number of hydrogen-bond donors (Lipinski definition) is 0. The van der Waals surface area contributed by atoms with Crippen LogP contribution in [0.25, 0.3) is 0 Å². The van der Waals surface area contributed by atoms with E-state index in [9.17, 15) is 0 Å². The second kappa shape index (κ2) is 4.06. The van der Waals surface area contributed by atoms with Gasteiger partial charge in [0.2, 0.25) is 0 Å². The molecule has 0 N–H and O–H groups in total. The topological polar surface area (TPSA) is 6.48 Å². The maximum atomic E-state index is 4.18. The lowest BCUT2D eigenvalue weighted by atomic mass is 10.0. The van der Waals surface area contributed by atoms with Crippen LogP contribution in [0.5, 0.6) is 0 Å². The third-order valence-electron chi connectivity index (χ3n) is 4.40. The van der Waals surface area contributed by atoms with Gasteiger partial charge in [0.1, 0.15) is 0 Å². The first-order chi connectivity index (χ1) is 7.33. The second-order valence-electron chi connectivity index (χ2n) is 5.65. The van der Waals surface area contributed by atoms with Crippen LogP contribution >= 0.6 is 0 Å². The van der Waals surface area contributed by atoms with Crippen LogP contribution in [0.3, 0.4) is 0 Å². The Labute approximate surface area is 93.6 Å². The average molecular weight is 207 g/mol. The van der Waals surface area contributed by atoms with E-state index in [-0.39, 0.29) is 0 Å². The fourth-order valence-electron chi connectivity index (χ4n) is 3.25. The van der Waals surface area contributed by atoms with Gasteiger partial charge in [0, 0.05) is 18.6 Å². The summed E-state index contributed by atoms with van der Waals surface area (Å²) in [6.07, 6.45) is 7.07. The van der Waals surface area contributed by atoms with Crippen molar-refractivity contribution in [3.8, 4) is 0 Å². The molecular weight excluding hydrogens is 184 g/mol. The molecule has 0 aromatic rings. The Morgan fingerprint density at radius 2 is 1.33 bits per heavy atom. The molecule has 1 radical (unpaired) electrons. The van der Waals surface area contributed by atoms with E-state index in [4.69, 9.17) is 0 Å². The zero-order valence-corrected chi connectivity index (χ0v) is 9.70. The van der Waals surface area contributed by atoms with Crippen LogP contribution in [0, 0.1) is 12.8 Å². The summed E-state index contributed by atoms with van der Waals surface area (Å²) in [6, 6.07) is 1.86. The highest BCUT2D eigenvalue weighted by atomic mass is 15.2. The van der Waals surface area contributed by atoms with Gasteiger partial charge in [-0.2, -0.15) is 0 Å². The van der Waals surface area contributed by atoms with E-state index in [2.05, 4.69) is 16.7 Å². The van der Waals surface area contributed by atoms with E-state index in [0.29, 0.717) is 5.92 Å². The van der Waals surface area contributed by atoms with Gasteiger partial charge in [0.15, 0.2) is 0 Å². The van der Waals surface area contributed by atoms with Gasteiger partial charge in [-0.15, -0.1) is 0 Å². The molecule has 1 aliphatic carbocycles. The normalized spacial score (nSPS) is 36.2. The molecule has 2 heterocycles. The van der Waals surface area contributed by atoms with Crippen molar-refractivity contribution in [1.82, 2.24) is 9.80 Å². The molecule has 1 atom stereocenters. The summed E-state index contributed by atoms with van der Waals surface area (Å²) in [4.78, 5) is 5.41. The highest BCUT2D eigenvalue weighted by Gasteiger charge is 2.34. The number of nitrogens with zero attached hydrogens (tertiary/aromatic N) is 2. The second-order valence-corrected chi connectivity index (χ2v) is 5.65. The first kappa shape index (κ1) is 10.1. The predicted octanol–water partition coefficient (Wildman–Crippen LogP) is 1.77. The average Bonchev–Trinajstić information content (AvgIpc) is 3.02. The minimum atomic E-state index is 0.700. The summed E-state index contributed by atoms with van der Waals surface area (Å²) in [6.45, 7) is 9.46. The van der Waals surface area contributed by atoms with Gasteiger partial charge in [0.25, 0.3) is 0 Å². The van der Waals surface area contributed by atoms with Gasteiger partial charge in [-0.1, -0.05) is 0 Å². The number of hydrogen-bond acceptors (Lipinski definition) is 2. The van der Waals surface area contributed by atoms with Gasteiger partial charge in [-0.3, -0.25) is 0 Å². The molecule has 0 bridgehead atoms. The molecule has 1 unspecified atom stereocenters. The monoisotopic (exact) mass is 207 g/mol. The van der Waals surface area contributed by atoms with Gasteiger partial charge in [-0.25, -0.2) is 0 Å². The van der Waals surface area contributed by atoms with Crippen molar-refractivity contribution >= 4 is 0 Å². The number of piperidine rings is 1. The quantitative estimate of drug-likeness (QED) is 0.681.